The van der Waals surface area contributed by atoms with Crippen molar-refractivity contribution in [2.24, 2.45) is 11.7 Å². The molecule has 6 heteroatoms. The van der Waals surface area contributed by atoms with E-state index in [4.69, 9.17) is 10.5 Å². The minimum absolute atomic E-state index is 0.00828. The molecule has 1 fully saturated rings. The number of carbonyl (C=O) groups excluding carboxylic acids is 2. The van der Waals surface area contributed by atoms with Crippen molar-refractivity contribution in [2.45, 2.75) is 52.2 Å². The maximum Gasteiger partial charge on any atom is 0.410 e. The average Bonchev–Trinajstić information content (AvgIpc) is 2.36. The van der Waals surface area contributed by atoms with E-state index in [2.05, 4.69) is 0 Å². The maximum absolute atomic E-state index is 11.9. The summed E-state index contributed by atoms with van der Waals surface area (Å²) in [5.41, 5.74) is 5.15. The predicted molar refractivity (Wildman–Crippen MR) is 81.8 cm³/mol. The van der Waals surface area contributed by atoms with Gasteiger partial charge in [-0.2, -0.15) is 0 Å². The summed E-state index contributed by atoms with van der Waals surface area (Å²) >= 11 is 0. The van der Waals surface area contributed by atoms with Crippen LogP contribution in [0.1, 0.15) is 40.5 Å². The number of hydrogen-bond acceptors (Lipinski definition) is 4. The molecule has 1 heterocycles. The Morgan fingerprint density at radius 2 is 1.86 bits per heavy atom. The lowest BCUT2D eigenvalue weighted by Crippen LogP contribution is -2.47. The van der Waals surface area contributed by atoms with Gasteiger partial charge in [-0.05, 0) is 46.5 Å². The Hall–Kier alpha value is -1.30. The fourth-order valence-corrected chi connectivity index (χ4v) is 2.43. The number of ether oxygens (including phenoxy) is 1. The van der Waals surface area contributed by atoms with E-state index in [1.807, 2.05) is 25.7 Å². The first kappa shape index (κ1) is 17.8. The summed E-state index contributed by atoms with van der Waals surface area (Å²) in [5.74, 6) is 0.411. The maximum atomic E-state index is 11.9. The third-order valence-corrected chi connectivity index (χ3v) is 3.55. The summed E-state index contributed by atoms with van der Waals surface area (Å²) in [6.45, 7) is 9.38. The highest BCUT2D eigenvalue weighted by Gasteiger charge is 2.27. The van der Waals surface area contributed by atoms with Crippen molar-refractivity contribution in [1.82, 2.24) is 9.80 Å². The Morgan fingerprint density at radius 1 is 1.33 bits per heavy atom. The number of piperidine rings is 1. The zero-order valence-corrected chi connectivity index (χ0v) is 13.9. The number of nitrogens with zero attached hydrogens (tertiary/aromatic N) is 2. The molecule has 6 nitrogen and oxygen atoms in total. The van der Waals surface area contributed by atoms with Gasteiger partial charge in [-0.15, -0.1) is 0 Å². The Balaban J connectivity index is 2.38. The monoisotopic (exact) mass is 299 g/mol. The molecule has 1 aliphatic heterocycles. The van der Waals surface area contributed by atoms with Crippen LogP contribution in [0.15, 0.2) is 0 Å². The van der Waals surface area contributed by atoms with Crippen LogP contribution < -0.4 is 5.73 Å². The smallest absolute Gasteiger partial charge is 0.410 e. The molecule has 1 atom stereocenters. The second kappa shape index (κ2) is 7.11. The van der Waals surface area contributed by atoms with Gasteiger partial charge in [0.2, 0.25) is 5.91 Å². The minimum atomic E-state index is -0.474. The molecule has 2 amide bonds. The van der Waals surface area contributed by atoms with Gasteiger partial charge in [0.05, 0.1) is 6.04 Å². The van der Waals surface area contributed by atoms with E-state index in [0.717, 1.165) is 12.8 Å². The molecule has 0 radical (unpaired) electrons. The topological polar surface area (TPSA) is 75.9 Å². The Morgan fingerprint density at radius 3 is 2.29 bits per heavy atom. The Kier molecular flexibility index (Phi) is 6.01. The molecule has 0 spiro atoms. The van der Waals surface area contributed by atoms with Crippen LogP contribution in [0.2, 0.25) is 0 Å². The fraction of sp³-hybridized carbons (Fsp3) is 0.867. The first-order chi connectivity index (χ1) is 9.60. The number of rotatable bonds is 3. The summed E-state index contributed by atoms with van der Waals surface area (Å²) in [6.07, 6.45) is 1.49. The molecular weight excluding hydrogens is 270 g/mol. The number of carbonyl (C=O) groups is 2. The van der Waals surface area contributed by atoms with Gasteiger partial charge >= 0.3 is 6.09 Å². The molecule has 1 rings (SSSR count). The van der Waals surface area contributed by atoms with Crippen molar-refractivity contribution in [2.75, 3.05) is 26.7 Å². The van der Waals surface area contributed by atoms with Crippen molar-refractivity contribution < 1.29 is 14.3 Å². The van der Waals surface area contributed by atoms with Crippen LogP contribution >= 0.6 is 0 Å². The number of nitrogens with two attached hydrogens (primary N) is 1. The van der Waals surface area contributed by atoms with E-state index in [1.165, 1.54) is 0 Å². The number of hydrogen-bond donors (Lipinski definition) is 1. The van der Waals surface area contributed by atoms with Crippen molar-refractivity contribution >= 4 is 12.0 Å². The third kappa shape index (κ3) is 5.91. The standard InChI is InChI=1S/C15H29N3O3/c1-11(16)13(19)18-8-6-12(7-9-18)10-17(5)14(20)21-15(2,3)4/h11-12H,6-10,16H2,1-5H3/t11-/m0/s1. The second-order valence-corrected chi connectivity index (χ2v) is 6.92. The molecule has 21 heavy (non-hydrogen) atoms. The van der Waals surface area contributed by atoms with Gasteiger partial charge in [0, 0.05) is 26.7 Å². The van der Waals surface area contributed by atoms with E-state index < -0.39 is 11.6 Å². The highest BCUT2D eigenvalue weighted by Crippen LogP contribution is 2.19. The van der Waals surface area contributed by atoms with E-state index in [9.17, 15) is 9.59 Å². The van der Waals surface area contributed by atoms with Gasteiger partial charge in [0.25, 0.3) is 0 Å². The summed E-state index contributed by atoms with van der Waals surface area (Å²) in [7, 11) is 1.76. The van der Waals surface area contributed by atoms with Crippen molar-refractivity contribution in [3.05, 3.63) is 0 Å². The van der Waals surface area contributed by atoms with Gasteiger partial charge in [-0.3, -0.25) is 4.79 Å². The lowest BCUT2D eigenvalue weighted by Gasteiger charge is -2.35. The molecule has 0 aliphatic carbocycles. The molecule has 0 bridgehead atoms. The molecule has 0 aromatic carbocycles. The number of amides is 2. The van der Waals surface area contributed by atoms with Crippen molar-refractivity contribution in [3.63, 3.8) is 0 Å². The van der Waals surface area contributed by atoms with Crippen LogP contribution in [0.25, 0.3) is 0 Å². The SMILES string of the molecule is C[C@H](N)C(=O)N1CCC(CN(C)C(=O)OC(C)(C)C)CC1. The van der Waals surface area contributed by atoms with Crippen LogP contribution in [0, 0.1) is 5.92 Å². The molecular formula is C15H29N3O3. The second-order valence-electron chi connectivity index (χ2n) is 6.92. The summed E-state index contributed by atoms with van der Waals surface area (Å²) in [5, 5.41) is 0. The fourth-order valence-electron chi connectivity index (χ4n) is 2.43. The van der Waals surface area contributed by atoms with E-state index in [-0.39, 0.29) is 12.0 Å². The first-order valence-corrected chi connectivity index (χ1v) is 7.58. The molecule has 0 saturated carbocycles. The molecule has 0 aromatic heterocycles. The van der Waals surface area contributed by atoms with Crippen molar-refractivity contribution in [1.29, 1.82) is 0 Å². The highest BCUT2D eigenvalue weighted by atomic mass is 16.6. The normalized spacial score (nSPS) is 18.3. The largest absolute Gasteiger partial charge is 0.444 e. The predicted octanol–water partition coefficient (Wildman–Crippen LogP) is 1.44. The molecule has 0 unspecified atom stereocenters. The van der Waals surface area contributed by atoms with Crippen LogP contribution in [0.3, 0.4) is 0 Å². The van der Waals surface area contributed by atoms with Gasteiger partial charge in [0.1, 0.15) is 5.60 Å². The van der Waals surface area contributed by atoms with Crippen LogP contribution in [0.5, 0.6) is 0 Å². The first-order valence-electron chi connectivity index (χ1n) is 7.58. The number of likely N-dealkylation sites (tertiary alicyclic amines) is 1. The summed E-state index contributed by atoms with van der Waals surface area (Å²) in [6, 6.07) is -0.439. The molecule has 2 N–H and O–H groups in total. The Labute approximate surface area is 127 Å². The lowest BCUT2D eigenvalue weighted by atomic mass is 9.96. The third-order valence-electron chi connectivity index (χ3n) is 3.55. The van der Waals surface area contributed by atoms with Gasteiger partial charge in [-0.1, -0.05) is 0 Å². The van der Waals surface area contributed by atoms with Crippen LogP contribution in [0.4, 0.5) is 4.79 Å². The van der Waals surface area contributed by atoms with Gasteiger partial charge in [0.15, 0.2) is 0 Å². The summed E-state index contributed by atoms with van der Waals surface area (Å²) < 4.78 is 5.34. The molecule has 1 aliphatic rings. The zero-order valence-electron chi connectivity index (χ0n) is 13.9. The molecule has 122 valence electrons. The van der Waals surface area contributed by atoms with E-state index in [0.29, 0.717) is 25.6 Å². The van der Waals surface area contributed by atoms with E-state index >= 15 is 0 Å². The van der Waals surface area contributed by atoms with Crippen LogP contribution in [-0.4, -0.2) is 60.1 Å². The van der Waals surface area contributed by atoms with E-state index in [1.54, 1.807) is 18.9 Å². The Bertz CT molecular complexity index is 369. The minimum Gasteiger partial charge on any atom is -0.444 e. The summed E-state index contributed by atoms with van der Waals surface area (Å²) in [4.78, 5) is 27.2. The highest BCUT2D eigenvalue weighted by molar-refractivity contribution is 5.81. The van der Waals surface area contributed by atoms with Gasteiger partial charge < -0.3 is 20.3 Å². The molecule has 0 aromatic rings. The van der Waals surface area contributed by atoms with Gasteiger partial charge in [-0.25, -0.2) is 4.79 Å². The quantitative estimate of drug-likeness (QED) is 0.855. The zero-order chi connectivity index (χ0) is 16.2. The molecule has 1 saturated heterocycles. The average molecular weight is 299 g/mol. The lowest BCUT2D eigenvalue weighted by molar-refractivity contribution is -0.133. The van der Waals surface area contributed by atoms with Crippen molar-refractivity contribution in [3.8, 4) is 0 Å². The van der Waals surface area contributed by atoms with Crippen LogP contribution in [-0.2, 0) is 9.53 Å².